The van der Waals surface area contributed by atoms with Crippen molar-refractivity contribution in [1.82, 2.24) is 19.6 Å². The van der Waals surface area contributed by atoms with Crippen molar-refractivity contribution in [3.05, 3.63) is 0 Å². The van der Waals surface area contributed by atoms with Gasteiger partial charge in [-0.2, -0.15) is 0 Å². The van der Waals surface area contributed by atoms with Crippen molar-refractivity contribution >= 4 is 23.2 Å². The summed E-state index contributed by atoms with van der Waals surface area (Å²) in [5.74, 6) is 0.917. The first-order valence-corrected chi connectivity index (χ1v) is 9.27. The quantitative estimate of drug-likeness (QED) is 0.346. The summed E-state index contributed by atoms with van der Waals surface area (Å²) in [5.41, 5.74) is 0. The van der Waals surface area contributed by atoms with E-state index in [1.165, 1.54) is 0 Å². The van der Waals surface area contributed by atoms with Gasteiger partial charge in [0.05, 0.1) is 0 Å². The zero-order valence-electron chi connectivity index (χ0n) is 14.9. The van der Waals surface area contributed by atoms with E-state index in [0.717, 1.165) is 58.9 Å². The fourth-order valence-corrected chi connectivity index (χ4v) is 4.15. The van der Waals surface area contributed by atoms with Gasteiger partial charge >= 0.3 is 0 Å². The third kappa shape index (κ3) is 6.31. The number of nitrogens with zero attached hydrogens (tertiary/aromatic N) is 4. The van der Waals surface area contributed by atoms with Gasteiger partial charge in [-0.1, -0.05) is 37.0 Å². The first-order chi connectivity index (χ1) is 10.3. The molecule has 2 fully saturated rings. The molecule has 2 bridgehead atoms. The van der Waals surface area contributed by atoms with Crippen molar-refractivity contribution in [3.8, 4) is 0 Å². The predicted octanol–water partition coefficient (Wildman–Crippen LogP) is 1.88. The Balaban J connectivity index is 0.00000264. The second-order valence-corrected chi connectivity index (χ2v) is 8.75. The molecule has 0 N–H and O–H groups in total. The fraction of sp³-hybridized carbons (Fsp3) is 1.00. The van der Waals surface area contributed by atoms with Crippen LogP contribution in [0.1, 0.15) is 13.8 Å². The van der Waals surface area contributed by atoms with Crippen molar-refractivity contribution < 1.29 is 17.1 Å². The zero-order chi connectivity index (χ0) is 16.3. The van der Waals surface area contributed by atoms with E-state index in [4.69, 9.17) is 23.2 Å². The minimum absolute atomic E-state index is 0. The van der Waals surface area contributed by atoms with Crippen LogP contribution >= 0.6 is 23.2 Å². The molecule has 2 saturated heterocycles. The molecule has 137 valence electrons. The summed E-state index contributed by atoms with van der Waals surface area (Å²) in [5, 5.41) is 0. The van der Waals surface area contributed by atoms with Crippen molar-refractivity contribution in [2.45, 2.75) is 18.3 Å². The molecule has 2 aliphatic heterocycles. The summed E-state index contributed by atoms with van der Waals surface area (Å²) in [6.07, 6.45) is 0. The van der Waals surface area contributed by atoms with Gasteiger partial charge in [-0.25, -0.2) is 0 Å². The van der Waals surface area contributed by atoms with E-state index in [2.05, 4.69) is 47.5 Å². The summed E-state index contributed by atoms with van der Waals surface area (Å²) in [6.45, 7) is 13.9. The van der Waals surface area contributed by atoms with Gasteiger partial charge in [0, 0.05) is 81.9 Å². The molecule has 1 radical (unpaired) electrons. The smallest absolute Gasteiger partial charge is 0.175 e. The molecule has 0 spiro atoms. The van der Waals surface area contributed by atoms with Gasteiger partial charge in [0.1, 0.15) is 0 Å². The van der Waals surface area contributed by atoms with Crippen LogP contribution in [0, 0.1) is 11.8 Å². The number of hydrogen-bond donors (Lipinski definition) is 0. The molecule has 0 aromatic carbocycles. The second kappa shape index (κ2) is 9.59. The van der Waals surface area contributed by atoms with Crippen LogP contribution in [-0.4, -0.2) is 97.1 Å². The van der Waals surface area contributed by atoms with E-state index < -0.39 is 4.46 Å². The number of alkyl halides is 2. The SMILES string of the molecule is CC1CN(C)CCN2CCN(CCN(C)CC(C)C2(Cl)Cl)C1.[Mn]. The van der Waals surface area contributed by atoms with Crippen LogP contribution in [0.2, 0.25) is 0 Å². The molecule has 0 aromatic rings. The Morgan fingerprint density at radius 3 is 2.00 bits per heavy atom. The molecular weight excluding hydrogens is 374 g/mol. The standard InChI is InChI=1S/C16H32Cl2N4.Mn/c1-14-11-19(3)6-9-22-10-8-21(12-14)7-5-20(4)13-15(2)16(22,17)18;/h14-15H,5-13H2,1-4H3;. The molecule has 4 nitrogen and oxygen atoms in total. The maximum Gasteiger partial charge on any atom is 0.175 e. The summed E-state index contributed by atoms with van der Waals surface area (Å²) < 4.78 is -0.789. The topological polar surface area (TPSA) is 13.0 Å². The second-order valence-electron chi connectivity index (χ2n) is 7.41. The Labute approximate surface area is 162 Å². The van der Waals surface area contributed by atoms with Crippen LogP contribution in [0.15, 0.2) is 0 Å². The summed E-state index contributed by atoms with van der Waals surface area (Å²) in [7, 11) is 4.38. The first kappa shape index (κ1) is 22.0. The third-order valence-electron chi connectivity index (χ3n) is 5.03. The van der Waals surface area contributed by atoms with Crippen molar-refractivity contribution in [2.24, 2.45) is 11.8 Å². The molecule has 7 heteroatoms. The van der Waals surface area contributed by atoms with E-state index in [-0.39, 0.29) is 23.0 Å². The van der Waals surface area contributed by atoms with Crippen LogP contribution in [-0.2, 0) is 17.1 Å². The van der Waals surface area contributed by atoms with Gasteiger partial charge in [-0.3, -0.25) is 4.90 Å². The molecule has 0 amide bonds. The molecule has 2 rings (SSSR count). The number of fused-ring (bicyclic) bond motifs is 3. The molecular formula is C16H32Cl2MnN4. The van der Waals surface area contributed by atoms with Crippen LogP contribution in [0.3, 0.4) is 0 Å². The van der Waals surface area contributed by atoms with Crippen LogP contribution in [0.25, 0.3) is 0 Å². The largest absolute Gasteiger partial charge is 0.305 e. The van der Waals surface area contributed by atoms with Gasteiger partial charge in [0.2, 0.25) is 0 Å². The van der Waals surface area contributed by atoms with Gasteiger partial charge in [0.25, 0.3) is 0 Å². The van der Waals surface area contributed by atoms with Gasteiger partial charge in [0.15, 0.2) is 4.46 Å². The first-order valence-electron chi connectivity index (χ1n) is 8.51. The Morgan fingerprint density at radius 1 is 0.783 bits per heavy atom. The molecule has 23 heavy (non-hydrogen) atoms. The molecule has 2 aliphatic rings. The summed E-state index contributed by atoms with van der Waals surface area (Å²) in [6, 6.07) is 0. The number of halogens is 2. The zero-order valence-corrected chi connectivity index (χ0v) is 17.6. The number of hydrogen-bond acceptors (Lipinski definition) is 4. The minimum atomic E-state index is -0.789. The van der Waals surface area contributed by atoms with Crippen molar-refractivity contribution in [2.75, 3.05) is 73.0 Å². The minimum Gasteiger partial charge on any atom is -0.305 e. The summed E-state index contributed by atoms with van der Waals surface area (Å²) >= 11 is 13.6. The Kier molecular flexibility index (Phi) is 9.16. The fourth-order valence-electron chi connectivity index (χ4n) is 3.67. The predicted molar refractivity (Wildman–Crippen MR) is 95.8 cm³/mol. The molecule has 4 unspecified atom stereocenters. The molecule has 0 aliphatic carbocycles. The Hall–Kier alpha value is 0.939. The maximum atomic E-state index is 6.81. The molecule has 0 saturated carbocycles. The van der Waals surface area contributed by atoms with Crippen molar-refractivity contribution in [3.63, 3.8) is 0 Å². The normalized spacial score (nSPS) is 37.8. The van der Waals surface area contributed by atoms with E-state index in [9.17, 15) is 0 Å². The van der Waals surface area contributed by atoms with Gasteiger partial charge in [-0.15, -0.1) is 0 Å². The molecule has 2 heterocycles. The number of likely N-dealkylation sites (N-methyl/N-ethyl adjacent to an activating group) is 2. The maximum absolute atomic E-state index is 6.81. The average molecular weight is 406 g/mol. The molecule has 4 atom stereocenters. The third-order valence-corrected chi connectivity index (χ3v) is 6.25. The van der Waals surface area contributed by atoms with E-state index in [0.29, 0.717) is 5.92 Å². The van der Waals surface area contributed by atoms with E-state index in [1.807, 2.05) is 0 Å². The Bertz CT molecular complexity index is 359. The van der Waals surface area contributed by atoms with Gasteiger partial charge < -0.3 is 14.7 Å². The van der Waals surface area contributed by atoms with E-state index in [1.54, 1.807) is 0 Å². The number of rotatable bonds is 0. The van der Waals surface area contributed by atoms with Crippen LogP contribution < -0.4 is 0 Å². The average Bonchev–Trinajstić information content (AvgIpc) is 2.42. The van der Waals surface area contributed by atoms with Crippen LogP contribution in [0.4, 0.5) is 0 Å². The monoisotopic (exact) mass is 405 g/mol. The Morgan fingerprint density at radius 2 is 1.30 bits per heavy atom. The van der Waals surface area contributed by atoms with Crippen LogP contribution in [0.5, 0.6) is 0 Å². The van der Waals surface area contributed by atoms with Crippen molar-refractivity contribution in [1.29, 1.82) is 0 Å². The molecule has 0 aromatic heterocycles. The van der Waals surface area contributed by atoms with E-state index >= 15 is 0 Å². The summed E-state index contributed by atoms with van der Waals surface area (Å²) in [4.78, 5) is 9.63. The van der Waals surface area contributed by atoms with Gasteiger partial charge in [-0.05, 0) is 20.0 Å².